The molecule has 0 saturated carbocycles. The molecule has 1 aliphatic carbocycles. The first-order chi connectivity index (χ1) is 24.6. The van der Waals surface area contributed by atoms with Gasteiger partial charge in [-0.3, -0.25) is 0 Å². The summed E-state index contributed by atoms with van der Waals surface area (Å²) in [5, 5.41) is 2.25. The third-order valence-electron chi connectivity index (χ3n) is 9.96. The zero-order valence-corrected chi connectivity index (χ0v) is 27.9. The number of hydrogen-bond donors (Lipinski definition) is 0. The van der Waals surface area contributed by atoms with Gasteiger partial charge in [0, 0.05) is 16.8 Å². The maximum absolute atomic E-state index is 15.5. The van der Waals surface area contributed by atoms with Gasteiger partial charge in [-0.15, -0.1) is 0 Å². The van der Waals surface area contributed by atoms with Gasteiger partial charge in [-0.1, -0.05) is 158 Å². The largest absolute Gasteiger partial charge is 0.310 e. The lowest BCUT2D eigenvalue weighted by Gasteiger charge is -2.36. The highest BCUT2D eigenvalue weighted by Crippen LogP contribution is 2.60. The molecule has 1 unspecified atom stereocenters. The van der Waals surface area contributed by atoms with E-state index in [1.807, 2.05) is 30.4 Å². The maximum Gasteiger partial charge on any atom is 0.123 e. The van der Waals surface area contributed by atoms with Crippen molar-refractivity contribution in [1.29, 1.82) is 0 Å². The second kappa shape index (κ2) is 13.0. The van der Waals surface area contributed by atoms with Crippen LogP contribution < -0.4 is 4.90 Å². The first-order valence-corrected chi connectivity index (χ1v) is 17.0. The molecule has 0 bridgehead atoms. The second-order valence-corrected chi connectivity index (χ2v) is 12.7. The molecule has 240 valence electrons. The average molecular weight is 646 g/mol. The van der Waals surface area contributed by atoms with E-state index in [1.165, 1.54) is 5.56 Å². The van der Waals surface area contributed by atoms with Crippen LogP contribution >= 0.6 is 0 Å². The Labute approximate surface area is 293 Å². The van der Waals surface area contributed by atoms with Gasteiger partial charge in [0.2, 0.25) is 0 Å². The van der Waals surface area contributed by atoms with E-state index in [1.54, 1.807) is 18.2 Å². The van der Waals surface area contributed by atoms with Gasteiger partial charge >= 0.3 is 0 Å². The number of anilines is 3. The molecule has 0 radical (unpaired) electrons. The monoisotopic (exact) mass is 645 g/mol. The molecule has 0 saturated heterocycles. The quantitative estimate of drug-likeness (QED) is 0.149. The standard InChI is InChI=1S/C48H36FN/c1-3-4-8-17-34(2)48(37-20-11-6-12-21-37)44-32-38(49)28-31-43(44)47-42-25-16-15-24-41(42)46(33-45(47)48)50(39-22-13-7-14-23-39)40-29-26-36(27-30-40)35-18-9-5-10-19-35/h3-33H,1H2,2H3/b8-4-,34-17+. The highest BCUT2D eigenvalue weighted by atomic mass is 19.1. The molecule has 0 heterocycles. The smallest absolute Gasteiger partial charge is 0.123 e. The number of hydrogen-bond acceptors (Lipinski definition) is 1. The fraction of sp³-hybridized carbons (Fsp3) is 0.0417. The Hall–Kier alpha value is -6.25. The Morgan fingerprint density at radius 3 is 1.90 bits per heavy atom. The van der Waals surface area contributed by atoms with E-state index >= 15 is 4.39 Å². The van der Waals surface area contributed by atoms with E-state index in [0.717, 1.165) is 66.8 Å². The molecule has 0 spiro atoms. The highest BCUT2D eigenvalue weighted by molar-refractivity contribution is 6.11. The van der Waals surface area contributed by atoms with E-state index in [4.69, 9.17) is 0 Å². The van der Waals surface area contributed by atoms with E-state index in [0.29, 0.717) is 0 Å². The summed E-state index contributed by atoms with van der Waals surface area (Å²) in [4.78, 5) is 2.35. The summed E-state index contributed by atoms with van der Waals surface area (Å²) in [5.41, 5.74) is 11.2. The number of fused-ring (bicyclic) bond motifs is 5. The molecular formula is C48H36FN. The first-order valence-electron chi connectivity index (χ1n) is 17.0. The van der Waals surface area contributed by atoms with Gasteiger partial charge in [0.15, 0.2) is 0 Å². The van der Waals surface area contributed by atoms with Crippen LogP contribution in [-0.2, 0) is 5.41 Å². The molecule has 2 heteroatoms. The van der Waals surface area contributed by atoms with Crippen LogP contribution in [0.4, 0.5) is 21.5 Å². The molecule has 7 aromatic rings. The predicted octanol–water partition coefficient (Wildman–Crippen LogP) is 13.1. The average Bonchev–Trinajstić information content (AvgIpc) is 3.46. The molecular weight excluding hydrogens is 610 g/mol. The minimum Gasteiger partial charge on any atom is -0.310 e. The third kappa shape index (κ3) is 5.09. The minimum atomic E-state index is -0.752. The molecule has 8 rings (SSSR count). The highest BCUT2D eigenvalue weighted by Gasteiger charge is 2.47. The summed E-state index contributed by atoms with van der Waals surface area (Å²) >= 11 is 0. The zero-order chi connectivity index (χ0) is 34.1. The number of benzene rings is 7. The van der Waals surface area contributed by atoms with Crippen molar-refractivity contribution in [2.24, 2.45) is 0 Å². The van der Waals surface area contributed by atoms with E-state index in [-0.39, 0.29) is 5.82 Å². The minimum absolute atomic E-state index is 0.250. The summed E-state index contributed by atoms with van der Waals surface area (Å²) in [6.45, 7) is 6.05. The topological polar surface area (TPSA) is 3.24 Å². The van der Waals surface area contributed by atoms with Crippen molar-refractivity contribution < 1.29 is 4.39 Å². The molecule has 0 aromatic heterocycles. The molecule has 0 aliphatic heterocycles. The second-order valence-electron chi connectivity index (χ2n) is 12.7. The lowest BCUT2D eigenvalue weighted by atomic mass is 9.67. The van der Waals surface area contributed by atoms with Crippen LogP contribution in [-0.4, -0.2) is 0 Å². The molecule has 0 fully saturated rings. The Morgan fingerprint density at radius 1 is 0.600 bits per heavy atom. The fourth-order valence-electron chi connectivity index (χ4n) is 7.81. The number of para-hydroxylation sites is 1. The van der Waals surface area contributed by atoms with Crippen LogP contribution in [0.25, 0.3) is 33.0 Å². The normalized spacial score (nSPS) is 15.2. The summed E-state index contributed by atoms with van der Waals surface area (Å²) < 4.78 is 15.5. The maximum atomic E-state index is 15.5. The van der Waals surface area contributed by atoms with Crippen molar-refractivity contribution in [3.05, 3.63) is 223 Å². The van der Waals surface area contributed by atoms with Crippen molar-refractivity contribution in [2.75, 3.05) is 4.90 Å². The Morgan fingerprint density at radius 2 is 1.20 bits per heavy atom. The van der Waals surface area contributed by atoms with Crippen molar-refractivity contribution in [3.63, 3.8) is 0 Å². The van der Waals surface area contributed by atoms with Crippen LogP contribution in [0.1, 0.15) is 23.6 Å². The van der Waals surface area contributed by atoms with Gasteiger partial charge in [-0.25, -0.2) is 4.39 Å². The van der Waals surface area contributed by atoms with Crippen molar-refractivity contribution >= 4 is 27.8 Å². The van der Waals surface area contributed by atoms with Gasteiger partial charge in [0.1, 0.15) is 5.82 Å². The van der Waals surface area contributed by atoms with Crippen LogP contribution in [0.5, 0.6) is 0 Å². The van der Waals surface area contributed by atoms with Crippen molar-refractivity contribution in [3.8, 4) is 22.3 Å². The van der Waals surface area contributed by atoms with Crippen molar-refractivity contribution in [2.45, 2.75) is 12.3 Å². The van der Waals surface area contributed by atoms with Crippen LogP contribution in [0.3, 0.4) is 0 Å². The van der Waals surface area contributed by atoms with E-state index in [9.17, 15) is 0 Å². The molecule has 50 heavy (non-hydrogen) atoms. The Bertz CT molecular complexity index is 2390. The van der Waals surface area contributed by atoms with Crippen LogP contribution in [0, 0.1) is 5.82 Å². The number of nitrogens with zero attached hydrogens (tertiary/aromatic N) is 1. The van der Waals surface area contributed by atoms with Gasteiger partial charge in [0.25, 0.3) is 0 Å². The summed E-state index contributed by atoms with van der Waals surface area (Å²) in [6, 6.07) is 56.6. The Kier molecular flexibility index (Phi) is 8.06. The summed E-state index contributed by atoms with van der Waals surface area (Å²) in [7, 11) is 0. The number of allylic oxidation sites excluding steroid dienone is 5. The predicted molar refractivity (Wildman–Crippen MR) is 209 cm³/mol. The van der Waals surface area contributed by atoms with Gasteiger partial charge < -0.3 is 4.90 Å². The zero-order valence-electron chi connectivity index (χ0n) is 27.9. The van der Waals surface area contributed by atoms with Crippen LogP contribution in [0.15, 0.2) is 200 Å². The van der Waals surface area contributed by atoms with Gasteiger partial charge in [-0.2, -0.15) is 0 Å². The number of halogens is 1. The molecule has 0 N–H and O–H groups in total. The number of rotatable bonds is 8. The molecule has 0 amide bonds. The lowest BCUT2D eigenvalue weighted by molar-refractivity contribution is 0.621. The third-order valence-corrected chi connectivity index (χ3v) is 9.96. The van der Waals surface area contributed by atoms with Gasteiger partial charge in [0.05, 0.1) is 11.1 Å². The summed E-state index contributed by atoms with van der Waals surface area (Å²) in [5.74, 6) is -0.250. The summed E-state index contributed by atoms with van der Waals surface area (Å²) in [6.07, 6.45) is 7.88. The van der Waals surface area contributed by atoms with E-state index < -0.39 is 5.41 Å². The van der Waals surface area contributed by atoms with Gasteiger partial charge in [-0.05, 0) is 93.7 Å². The molecule has 1 aliphatic rings. The Balaban J connectivity index is 1.47. The SMILES string of the molecule is C=C/C=C\C=C(/C)C1(c2ccccc2)c2cc(F)ccc2-c2c1cc(N(c1ccccc1)c1ccc(-c3ccccc3)cc1)c1ccccc21. The van der Waals surface area contributed by atoms with Crippen molar-refractivity contribution in [1.82, 2.24) is 0 Å². The molecule has 7 aromatic carbocycles. The lowest BCUT2D eigenvalue weighted by Crippen LogP contribution is -2.29. The van der Waals surface area contributed by atoms with Crippen LogP contribution in [0.2, 0.25) is 0 Å². The molecule has 1 nitrogen and oxygen atoms in total. The van der Waals surface area contributed by atoms with E-state index in [2.05, 4.69) is 158 Å². The first kappa shape index (κ1) is 31.0. The fourth-order valence-corrected chi connectivity index (χ4v) is 7.81. The molecule has 1 atom stereocenters.